The van der Waals surface area contributed by atoms with E-state index in [1.54, 1.807) is 13.3 Å². The number of fused-ring (bicyclic) bond motifs is 1. The van der Waals surface area contributed by atoms with E-state index in [9.17, 15) is 4.79 Å². The van der Waals surface area contributed by atoms with Crippen molar-refractivity contribution in [3.05, 3.63) is 36.5 Å². The molecule has 0 bridgehead atoms. The van der Waals surface area contributed by atoms with Crippen molar-refractivity contribution in [3.8, 4) is 5.75 Å². The Morgan fingerprint density at radius 2 is 2.21 bits per heavy atom. The molecule has 19 heavy (non-hydrogen) atoms. The van der Waals surface area contributed by atoms with Crippen LogP contribution in [0, 0.1) is 0 Å². The second-order valence-corrected chi connectivity index (χ2v) is 4.00. The van der Waals surface area contributed by atoms with Crippen LogP contribution in [0.5, 0.6) is 5.75 Å². The molecule has 0 aliphatic rings. The summed E-state index contributed by atoms with van der Waals surface area (Å²) in [6.07, 6.45) is 1.62. The van der Waals surface area contributed by atoms with Gasteiger partial charge in [0.1, 0.15) is 5.75 Å². The van der Waals surface area contributed by atoms with E-state index in [4.69, 9.17) is 9.47 Å². The number of amides is 1. The van der Waals surface area contributed by atoms with Crippen LogP contribution in [-0.4, -0.2) is 37.8 Å². The monoisotopic (exact) mass is 260 g/mol. The number of pyridine rings is 1. The topological polar surface area (TPSA) is 60.5 Å². The predicted octanol–water partition coefficient (Wildman–Crippen LogP) is 1.38. The van der Waals surface area contributed by atoms with Crippen LogP contribution in [0.3, 0.4) is 0 Å². The molecule has 0 radical (unpaired) electrons. The Labute approximate surface area is 111 Å². The van der Waals surface area contributed by atoms with Gasteiger partial charge in [0, 0.05) is 19.0 Å². The standard InChI is InChI=1S/C14H16N2O3/c1-18-7-6-15-14(17)10-19-12-8-11-4-2-3-5-13(11)16-9-12/h2-5,8-9H,6-7,10H2,1H3,(H,15,17). The molecule has 0 saturated carbocycles. The zero-order valence-electron chi connectivity index (χ0n) is 10.8. The summed E-state index contributed by atoms with van der Waals surface area (Å²) >= 11 is 0. The summed E-state index contributed by atoms with van der Waals surface area (Å²) in [6, 6.07) is 9.61. The lowest BCUT2D eigenvalue weighted by atomic mass is 10.2. The Balaban J connectivity index is 1.89. The highest BCUT2D eigenvalue weighted by Crippen LogP contribution is 2.17. The van der Waals surface area contributed by atoms with E-state index in [2.05, 4.69) is 10.3 Å². The highest BCUT2D eigenvalue weighted by Gasteiger charge is 2.03. The van der Waals surface area contributed by atoms with E-state index in [-0.39, 0.29) is 12.5 Å². The van der Waals surface area contributed by atoms with Gasteiger partial charge in [-0.2, -0.15) is 0 Å². The lowest BCUT2D eigenvalue weighted by Crippen LogP contribution is -2.31. The van der Waals surface area contributed by atoms with Crippen LogP contribution in [0.15, 0.2) is 36.5 Å². The largest absolute Gasteiger partial charge is 0.482 e. The summed E-state index contributed by atoms with van der Waals surface area (Å²) in [7, 11) is 1.59. The molecule has 1 heterocycles. The maximum absolute atomic E-state index is 11.4. The van der Waals surface area contributed by atoms with Crippen molar-refractivity contribution >= 4 is 16.8 Å². The Morgan fingerprint density at radius 3 is 3.05 bits per heavy atom. The molecule has 100 valence electrons. The van der Waals surface area contributed by atoms with Crippen molar-refractivity contribution in [1.29, 1.82) is 0 Å². The first-order valence-corrected chi connectivity index (χ1v) is 6.03. The zero-order chi connectivity index (χ0) is 13.5. The number of para-hydroxylation sites is 1. The van der Waals surface area contributed by atoms with E-state index in [1.807, 2.05) is 30.3 Å². The lowest BCUT2D eigenvalue weighted by Gasteiger charge is -2.07. The van der Waals surface area contributed by atoms with Gasteiger partial charge >= 0.3 is 0 Å². The van der Waals surface area contributed by atoms with Gasteiger partial charge in [-0.15, -0.1) is 0 Å². The minimum atomic E-state index is -0.176. The molecule has 1 amide bonds. The zero-order valence-corrected chi connectivity index (χ0v) is 10.8. The average Bonchev–Trinajstić information content (AvgIpc) is 2.45. The molecule has 1 aromatic carbocycles. The van der Waals surface area contributed by atoms with Crippen molar-refractivity contribution in [2.75, 3.05) is 26.9 Å². The van der Waals surface area contributed by atoms with Gasteiger partial charge in [-0.3, -0.25) is 9.78 Å². The average molecular weight is 260 g/mol. The predicted molar refractivity (Wildman–Crippen MR) is 72.1 cm³/mol. The molecule has 5 nitrogen and oxygen atoms in total. The number of rotatable bonds is 6. The second kappa shape index (κ2) is 6.70. The van der Waals surface area contributed by atoms with Crippen molar-refractivity contribution < 1.29 is 14.3 Å². The Morgan fingerprint density at radius 1 is 1.37 bits per heavy atom. The summed E-state index contributed by atoms with van der Waals surface area (Å²) in [5.41, 5.74) is 0.902. The molecule has 0 fully saturated rings. The molecule has 0 saturated heterocycles. The molecule has 0 spiro atoms. The first kappa shape index (κ1) is 13.3. The summed E-state index contributed by atoms with van der Waals surface area (Å²) in [6.45, 7) is 0.946. The number of benzene rings is 1. The number of methoxy groups -OCH3 is 1. The molecule has 0 atom stereocenters. The van der Waals surface area contributed by atoms with Gasteiger partial charge in [0.05, 0.1) is 18.3 Å². The smallest absolute Gasteiger partial charge is 0.258 e. The van der Waals surface area contributed by atoms with Crippen molar-refractivity contribution in [3.63, 3.8) is 0 Å². The SMILES string of the molecule is COCCNC(=O)COc1cnc2ccccc2c1. The molecule has 0 aliphatic heterocycles. The number of carbonyl (C=O) groups is 1. The van der Waals surface area contributed by atoms with E-state index in [0.717, 1.165) is 10.9 Å². The third-order valence-electron chi connectivity index (χ3n) is 2.56. The summed E-state index contributed by atoms with van der Waals surface area (Å²) in [4.78, 5) is 15.7. The highest BCUT2D eigenvalue weighted by molar-refractivity contribution is 5.80. The van der Waals surface area contributed by atoms with Gasteiger partial charge in [0.25, 0.3) is 5.91 Å². The Bertz CT molecular complexity index is 557. The highest BCUT2D eigenvalue weighted by atomic mass is 16.5. The van der Waals surface area contributed by atoms with E-state index < -0.39 is 0 Å². The van der Waals surface area contributed by atoms with Gasteiger partial charge in [0.2, 0.25) is 0 Å². The molecule has 5 heteroatoms. The molecule has 0 aliphatic carbocycles. The molecule has 0 unspecified atom stereocenters. The summed E-state index contributed by atoms with van der Waals surface area (Å²) in [5.74, 6) is 0.408. The number of hydrogen-bond acceptors (Lipinski definition) is 4. The van der Waals surface area contributed by atoms with Crippen LogP contribution in [0.4, 0.5) is 0 Å². The number of ether oxygens (including phenoxy) is 2. The fourth-order valence-electron chi connectivity index (χ4n) is 1.62. The van der Waals surface area contributed by atoms with Crippen LogP contribution in [0.25, 0.3) is 10.9 Å². The van der Waals surface area contributed by atoms with Crippen molar-refractivity contribution in [1.82, 2.24) is 10.3 Å². The van der Waals surface area contributed by atoms with E-state index in [0.29, 0.717) is 18.9 Å². The fourth-order valence-corrected chi connectivity index (χ4v) is 1.62. The van der Waals surface area contributed by atoms with E-state index in [1.165, 1.54) is 0 Å². The van der Waals surface area contributed by atoms with Crippen LogP contribution < -0.4 is 10.1 Å². The van der Waals surface area contributed by atoms with Crippen molar-refractivity contribution in [2.45, 2.75) is 0 Å². The normalized spacial score (nSPS) is 10.4. The third kappa shape index (κ3) is 3.93. The minimum Gasteiger partial charge on any atom is -0.482 e. The number of nitrogens with one attached hydrogen (secondary N) is 1. The molecule has 1 aromatic heterocycles. The van der Waals surface area contributed by atoms with Gasteiger partial charge in [-0.1, -0.05) is 18.2 Å². The first-order chi connectivity index (χ1) is 9.29. The van der Waals surface area contributed by atoms with Gasteiger partial charge in [0.15, 0.2) is 6.61 Å². The number of nitrogens with zero attached hydrogens (tertiary/aromatic N) is 1. The van der Waals surface area contributed by atoms with Gasteiger partial charge in [-0.25, -0.2) is 0 Å². The quantitative estimate of drug-likeness (QED) is 0.797. The van der Waals surface area contributed by atoms with Crippen LogP contribution in [0.2, 0.25) is 0 Å². The second-order valence-electron chi connectivity index (χ2n) is 4.00. The first-order valence-electron chi connectivity index (χ1n) is 6.03. The molecule has 2 rings (SSSR count). The van der Waals surface area contributed by atoms with Crippen molar-refractivity contribution in [2.24, 2.45) is 0 Å². The lowest BCUT2D eigenvalue weighted by molar-refractivity contribution is -0.123. The van der Waals surface area contributed by atoms with Crippen LogP contribution in [-0.2, 0) is 9.53 Å². The minimum absolute atomic E-state index is 0.0241. The van der Waals surface area contributed by atoms with Crippen LogP contribution >= 0.6 is 0 Å². The fraction of sp³-hybridized carbons (Fsp3) is 0.286. The number of hydrogen-bond donors (Lipinski definition) is 1. The Kier molecular flexibility index (Phi) is 4.69. The van der Waals surface area contributed by atoms with Gasteiger partial charge in [-0.05, 0) is 12.1 Å². The molecular formula is C14H16N2O3. The Hall–Kier alpha value is -2.14. The summed E-state index contributed by atoms with van der Waals surface area (Å²) < 4.78 is 10.2. The third-order valence-corrected chi connectivity index (χ3v) is 2.56. The molecule has 2 aromatic rings. The maximum atomic E-state index is 11.4. The summed E-state index contributed by atoms with van der Waals surface area (Å²) in [5, 5.41) is 3.67. The number of aromatic nitrogens is 1. The van der Waals surface area contributed by atoms with E-state index >= 15 is 0 Å². The molecular weight excluding hydrogens is 244 g/mol. The maximum Gasteiger partial charge on any atom is 0.258 e. The number of carbonyl (C=O) groups excluding carboxylic acids is 1. The van der Waals surface area contributed by atoms with Gasteiger partial charge < -0.3 is 14.8 Å². The molecule has 1 N–H and O–H groups in total. The van der Waals surface area contributed by atoms with Crippen LogP contribution in [0.1, 0.15) is 0 Å².